The Balaban J connectivity index is 1.29. The second kappa shape index (κ2) is 9.15. The van der Waals surface area contributed by atoms with Crippen molar-refractivity contribution >= 4 is 62.4 Å². The smallest absolute Gasteiger partial charge is 0.237 e. The van der Waals surface area contributed by atoms with E-state index in [4.69, 9.17) is 0 Å². The first kappa shape index (κ1) is 23.1. The molecular formula is C26H27N3O3S2. The molecule has 1 aliphatic heterocycles. The molecule has 3 amide bonds. The minimum atomic E-state index is -0.163. The number of benzene rings is 2. The second-order valence-corrected chi connectivity index (χ2v) is 11.5. The highest BCUT2D eigenvalue weighted by atomic mass is 32.2. The molecule has 0 spiro atoms. The van der Waals surface area contributed by atoms with Gasteiger partial charge in [-0.3, -0.25) is 19.3 Å². The zero-order chi connectivity index (χ0) is 24.0. The molecule has 5 rings (SSSR count). The second-order valence-electron chi connectivity index (χ2n) is 9.25. The van der Waals surface area contributed by atoms with E-state index < -0.39 is 0 Å². The number of thiazole rings is 1. The number of anilines is 2. The number of nitrogens with one attached hydrogen (secondary N) is 1. The van der Waals surface area contributed by atoms with Crippen LogP contribution in [0, 0.1) is 32.6 Å². The molecule has 3 aromatic rings. The van der Waals surface area contributed by atoms with Gasteiger partial charge in [0.2, 0.25) is 17.7 Å². The lowest BCUT2D eigenvalue weighted by atomic mass is 9.81. The molecule has 1 saturated carbocycles. The summed E-state index contributed by atoms with van der Waals surface area (Å²) in [7, 11) is 0. The number of thioether (sulfide) groups is 1. The zero-order valence-electron chi connectivity index (χ0n) is 19.5. The Morgan fingerprint density at radius 1 is 1.06 bits per heavy atom. The number of aryl methyl sites for hydroxylation is 3. The Morgan fingerprint density at radius 2 is 1.71 bits per heavy atom. The van der Waals surface area contributed by atoms with Crippen molar-refractivity contribution in [1.29, 1.82) is 0 Å². The van der Waals surface area contributed by atoms with Crippen molar-refractivity contribution in [3.63, 3.8) is 0 Å². The average Bonchev–Trinajstić information content (AvgIpc) is 3.32. The Kier molecular flexibility index (Phi) is 6.20. The minimum Gasteiger partial charge on any atom is -0.325 e. The molecule has 2 atom stereocenters. The van der Waals surface area contributed by atoms with Gasteiger partial charge in [-0.25, -0.2) is 4.98 Å². The summed E-state index contributed by atoms with van der Waals surface area (Å²) in [4.78, 5) is 44.4. The van der Waals surface area contributed by atoms with Crippen LogP contribution in [0.5, 0.6) is 0 Å². The lowest BCUT2D eigenvalue weighted by Crippen LogP contribution is -2.30. The maximum Gasteiger partial charge on any atom is 0.237 e. The van der Waals surface area contributed by atoms with E-state index in [9.17, 15) is 14.4 Å². The van der Waals surface area contributed by atoms with E-state index in [2.05, 4.69) is 22.4 Å². The monoisotopic (exact) mass is 493 g/mol. The van der Waals surface area contributed by atoms with Crippen molar-refractivity contribution in [2.24, 2.45) is 11.8 Å². The first-order chi connectivity index (χ1) is 16.3. The van der Waals surface area contributed by atoms with E-state index in [0.717, 1.165) is 57.1 Å². The predicted molar refractivity (Wildman–Crippen MR) is 138 cm³/mol. The predicted octanol–water partition coefficient (Wildman–Crippen LogP) is 5.63. The van der Waals surface area contributed by atoms with E-state index in [1.54, 1.807) is 6.07 Å². The van der Waals surface area contributed by atoms with E-state index in [1.807, 2.05) is 32.9 Å². The van der Waals surface area contributed by atoms with Gasteiger partial charge in [-0.05, 0) is 62.9 Å². The molecule has 1 aromatic heterocycles. The third kappa shape index (κ3) is 4.25. The van der Waals surface area contributed by atoms with Crippen molar-refractivity contribution in [1.82, 2.24) is 4.98 Å². The number of carbonyl (C=O) groups excluding carboxylic acids is 3. The topological polar surface area (TPSA) is 79.4 Å². The third-order valence-electron chi connectivity index (χ3n) is 6.72. The molecule has 1 saturated heterocycles. The molecule has 0 bridgehead atoms. The molecule has 0 radical (unpaired) electrons. The van der Waals surface area contributed by atoms with Crippen molar-refractivity contribution in [3.05, 3.63) is 47.0 Å². The van der Waals surface area contributed by atoms with Crippen molar-refractivity contribution in [3.8, 4) is 0 Å². The van der Waals surface area contributed by atoms with Gasteiger partial charge in [0.15, 0.2) is 4.34 Å². The molecule has 0 unspecified atom stereocenters. The summed E-state index contributed by atoms with van der Waals surface area (Å²) in [6.07, 6.45) is 3.64. The number of aromatic nitrogens is 1. The lowest BCUT2D eigenvalue weighted by Gasteiger charge is -2.19. The van der Waals surface area contributed by atoms with Crippen LogP contribution in [-0.2, 0) is 14.4 Å². The summed E-state index contributed by atoms with van der Waals surface area (Å²) in [6, 6.07) is 9.66. The number of fused-ring (bicyclic) bond motifs is 2. The molecule has 1 N–H and O–H groups in total. The number of hydrogen-bond acceptors (Lipinski definition) is 6. The van der Waals surface area contributed by atoms with E-state index in [-0.39, 0.29) is 35.3 Å². The standard InChI is InChI=1S/C26H27N3O3S2/c1-14-10-15(2)23(16(3)11-14)28-22(30)13-33-26-27-20-9-8-17(12-21(20)34-26)29-24(31)18-6-4-5-7-19(18)25(29)32/h8-12,18-19H,4-7,13H2,1-3H3,(H,28,30)/t18-,19-/m1/s1. The minimum absolute atomic E-state index is 0.0634. The highest BCUT2D eigenvalue weighted by molar-refractivity contribution is 8.01. The van der Waals surface area contributed by atoms with Gasteiger partial charge in [0.05, 0.1) is 33.5 Å². The summed E-state index contributed by atoms with van der Waals surface area (Å²) in [5, 5.41) is 3.03. The summed E-state index contributed by atoms with van der Waals surface area (Å²) in [5.41, 5.74) is 5.57. The molecule has 1 aliphatic carbocycles. The van der Waals surface area contributed by atoms with Gasteiger partial charge in [0, 0.05) is 5.69 Å². The lowest BCUT2D eigenvalue weighted by molar-refractivity contribution is -0.122. The molecule has 8 heteroatoms. The van der Waals surface area contributed by atoms with Crippen LogP contribution < -0.4 is 10.2 Å². The van der Waals surface area contributed by atoms with Gasteiger partial charge in [0.25, 0.3) is 0 Å². The first-order valence-electron chi connectivity index (χ1n) is 11.6. The average molecular weight is 494 g/mol. The Hall–Kier alpha value is -2.71. The highest BCUT2D eigenvalue weighted by Crippen LogP contribution is 2.41. The number of rotatable bonds is 5. The van der Waals surface area contributed by atoms with Crippen molar-refractivity contribution < 1.29 is 14.4 Å². The number of nitrogens with zero attached hydrogens (tertiary/aromatic N) is 2. The van der Waals surface area contributed by atoms with Crippen LogP contribution in [0.3, 0.4) is 0 Å². The van der Waals surface area contributed by atoms with Crippen molar-refractivity contribution in [2.75, 3.05) is 16.0 Å². The van der Waals surface area contributed by atoms with Crippen LogP contribution in [0.15, 0.2) is 34.7 Å². The highest BCUT2D eigenvalue weighted by Gasteiger charge is 2.48. The molecule has 2 fully saturated rings. The van der Waals surface area contributed by atoms with Crippen molar-refractivity contribution in [2.45, 2.75) is 50.8 Å². The summed E-state index contributed by atoms with van der Waals surface area (Å²) >= 11 is 2.87. The molecule has 176 valence electrons. The number of amides is 3. The largest absolute Gasteiger partial charge is 0.325 e. The van der Waals surface area contributed by atoms with Crippen LogP contribution >= 0.6 is 23.1 Å². The fourth-order valence-electron chi connectivity index (χ4n) is 5.19. The molecule has 2 aromatic carbocycles. The van der Waals surface area contributed by atoms with Crippen LogP contribution in [0.25, 0.3) is 10.2 Å². The Labute approximate surface area is 207 Å². The zero-order valence-corrected chi connectivity index (χ0v) is 21.1. The van der Waals surface area contributed by atoms with Crippen LogP contribution in [-0.4, -0.2) is 28.5 Å². The Morgan fingerprint density at radius 3 is 2.35 bits per heavy atom. The van der Waals surface area contributed by atoms with E-state index in [0.29, 0.717) is 5.69 Å². The fourth-order valence-corrected chi connectivity index (χ4v) is 7.09. The summed E-state index contributed by atoms with van der Waals surface area (Å²) in [5.74, 6) is -0.270. The van der Waals surface area contributed by atoms with Gasteiger partial charge < -0.3 is 5.32 Å². The van der Waals surface area contributed by atoms with Gasteiger partial charge >= 0.3 is 0 Å². The maximum absolute atomic E-state index is 12.9. The quantitative estimate of drug-likeness (QED) is 0.368. The summed E-state index contributed by atoms with van der Waals surface area (Å²) < 4.78 is 1.69. The number of hydrogen-bond donors (Lipinski definition) is 1. The normalized spacial score (nSPS) is 20.1. The first-order valence-corrected chi connectivity index (χ1v) is 13.4. The van der Waals surface area contributed by atoms with E-state index >= 15 is 0 Å². The molecule has 2 aliphatic rings. The number of imide groups is 1. The van der Waals surface area contributed by atoms with Gasteiger partial charge in [-0.2, -0.15) is 0 Å². The van der Waals surface area contributed by atoms with Gasteiger partial charge in [-0.1, -0.05) is 42.3 Å². The van der Waals surface area contributed by atoms with Gasteiger partial charge in [-0.15, -0.1) is 11.3 Å². The maximum atomic E-state index is 12.9. The fraction of sp³-hybridized carbons (Fsp3) is 0.385. The molecule has 6 nitrogen and oxygen atoms in total. The van der Waals surface area contributed by atoms with Crippen LogP contribution in [0.4, 0.5) is 11.4 Å². The number of carbonyl (C=O) groups is 3. The van der Waals surface area contributed by atoms with Crippen LogP contribution in [0.2, 0.25) is 0 Å². The van der Waals surface area contributed by atoms with Crippen LogP contribution in [0.1, 0.15) is 42.4 Å². The summed E-state index contributed by atoms with van der Waals surface area (Å²) in [6.45, 7) is 6.04. The molecular weight excluding hydrogens is 466 g/mol. The SMILES string of the molecule is Cc1cc(C)c(NC(=O)CSc2nc3ccc(N4C(=O)[C@@H]5CCCC[C@H]5C4=O)cc3s2)c(C)c1. The van der Waals surface area contributed by atoms with Gasteiger partial charge in [0.1, 0.15) is 0 Å². The molecule has 2 heterocycles. The van der Waals surface area contributed by atoms with E-state index in [1.165, 1.54) is 33.6 Å². The Bertz CT molecular complexity index is 1270. The molecule has 34 heavy (non-hydrogen) atoms. The third-order valence-corrected chi connectivity index (χ3v) is 8.88.